The Kier molecular flexibility index (Phi) is 3.94. The van der Waals surface area contributed by atoms with Crippen LogP contribution in [0.25, 0.3) is 21.0 Å². The Labute approximate surface area is 142 Å². The molecule has 4 heterocycles. The Morgan fingerprint density at radius 1 is 1.12 bits per heavy atom. The summed E-state index contributed by atoms with van der Waals surface area (Å²) >= 11 is 1.57. The molecule has 1 saturated heterocycles. The molecular weight excluding hydrogens is 324 g/mol. The molecule has 1 N–H and O–H groups in total. The minimum absolute atomic E-state index is 0.309. The molecule has 0 aliphatic carbocycles. The average molecular weight is 338 g/mol. The fourth-order valence-corrected chi connectivity index (χ4v) is 3.60. The fourth-order valence-electron chi connectivity index (χ4n) is 2.61. The Morgan fingerprint density at radius 2 is 1.96 bits per heavy atom. The molecule has 120 valence electrons. The largest absolute Gasteiger partial charge is 0.378 e. The number of ether oxygens (including phenoxy) is 1. The van der Waals surface area contributed by atoms with Gasteiger partial charge in [-0.05, 0) is 24.3 Å². The van der Waals surface area contributed by atoms with Crippen molar-refractivity contribution in [3.63, 3.8) is 0 Å². The van der Waals surface area contributed by atoms with Crippen LogP contribution in [0.3, 0.4) is 0 Å². The van der Waals surface area contributed by atoms with Crippen LogP contribution in [0.15, 0.2) is 30.5 Å². The smallest absolute Gasteiger partial charge is 0.191 e. The highest BCUT2D eigenvalue weighted by molar-refractivity contribution is 7.18. The summed E-state index contributed by atoms with van der Waals surface area (Å²) in [6.45, 7) is 3.24. The van der Waals surface area contributed by atoms with Crippen LogP contribution in [0, 0.1) is 11.3 Å². The van der Waals surface area contributed by atoms with Crippen molar-refractivity contribution in [3.8, 4) is 27.1 Å². The van der Waals surface area contributed by atoms with Crippen LogP contribution in [0.1, 0.15) is 5.69 Å². The lowest BCUT2D eigenvalue weighted by atomic mass is 10.2. The third kappa shape index (κ3) is 2.75. The van der Waals surface area contributed by atoms with Gasteiger partial charge in [-0.2, -0.15) is 15.6 Å². The lowest BCUT2D eigenvalue weighted by Crippen LogP contribution is -2.36. The third-order valence-electron chi connectivity index (χ3n) is 3.86. The number of hydrogen-bond acceptors (Lipinski definition) is 7. The van der Waals surface area contributed by atoms with E-state index in [1.54, 1.807) is 11.3 Å². The van der Waals surface area contributed by atoms with Crippen LogP contribution in [0.4, 0.5) is 5.82 Å². The Hall–Kier alpha value is -2.76. The summed E-state index contributed by atoms with van der Waals surface area (Å²) in [4.78, 5) is 8.79. The minimum Gasteiger partial charge on any atom is -0.378 e. The first-order chi connectivity index (χ1) is 11.8. The van der Waals surface area contributed by atoms with Gasteiger partial charge in [-0.15, -0.1) is 16.4 Å². The highest BCUT2D eigenvalue weighted by Gasteiger charge is 2.15. The van der Waals surface area contributed by atoms with Gasteiger partial charge >= 0.3 is 0 Å². The van der Waals surface area contributed by atoms with Crippen molar-refractivity contribution < 1.29 is 4.74 Å². The van der Waals surface area contributed by atoms with Crippen molar-refractivity contribution in [1.29, 1.82) is 5.26 Å². The maximum absolute atomic E-state index is 9.06. The monoisotopic (exact) mass is 338 g/mol. The van der Waals surface area contributed by atoms with Crippen LogP contribution in [0.2, 0.25) is 0 Å². The van der Waals surface area contributed by atoms with Crippen molar-refractivity contribution >= 4 is 17.2 Å². The van der Waals surface area contributed by atoms with Crippen molar-refractivity contribution in [2.75, 3.05) is 31.2 Å². The zero-order valence-corrected chi connectivity index (χ0v) is 13.6. The third-order valence-corrected chi connectivity index (χ3v) is 5.00. The van der Waals surface area contributed by atoms with E-state index in [4.69, 9.17) is 10.00 Å². The number of anilines is 1. The number of thiophene rings is 1. The Balaban J connectivity index is 1.57. The molecule has 0 bridgehead atoms. The molecule has 8 heteroatoms. The molecule has 3 aromatic heterocycles. The van der Waals surface area contributed by atoms with Crippen LogP contribution in [-0.2, 0) is 4.74 Å². The molecule has 0 spiro atoms. The van der Waals surface area contributed by atoms with Gasteiger partial charge in [-0.1, -0.05) is 0 Å². The highest BCUT2D eigenvalue weighted by Crippen LogP contribution is 2.34. The molecule has 0 radical (unpaired) electrons. The molecule has 0 amide bonds. The van der Waals surface area contributed by atoms with E-state index in [1.807, 2.05) is 30.5 Å². The molecule has 0 aromatic carbocycles. The first-order valence-electron chi connectivity index (χ1n) is 7.55. The standard InChI is InChI=1S/C16H14N6OS/c17-9-12-16(20-21-19-12)14-3-2-13(24-14)11-1-4-15(18-10-11)22-5-7-23-8-6-22/h1-4,10H,5-8H2,(H,19,20,21). The summed E-state index contributed by atoms with van der Waals surface area (Å²) in [5, 5.41) is 19.4. The van der Waals surface area contributed by atoms with E-state index in [2.05, 4.69) is 31.4 Å². The summed E-state index contributed by atoms with van der Waals surface area (Å²) in [5.41, 5.74) is 1.95. The molecule has 1 aliphatic heterocycles. The van der Waals surface area contributed by atoms with Gasteiger partial charge in [-0.3, -0.25) is 0 Å². The van der Waals surface area contributed by atoms with Crippen LogP contribution < -0.4 is 4.90 Å². The van der Waals surface area contributed by atoms with Gasteiger partial charge in [-0.25, -0.2) is 4.98 Å². The number of aromatic nitrogens is 4. The fraction of sp³-hybridized carbons (Fsp3) is 0.250. The summed E-state index contributed by atoms with van der Waals surface area (Å²) in [5.74, 6) is 0.974. The van der Waals surface area contributed by atoms with E-state index in [-0.39, 0.29) is 0 Å². The SMILES string of the molecule is N#Cc1n[nH]nc1-c1ccc(-c2ccc(N3CCOCC3)nc2)s1. The lowest BCUT2D eigenvalue weighted by molar-refractivity contribution is 0.122. The topological polar surface area (TPSA) is 90.7 Å². The van der Waals surface area contributed by atoms with Crippen molar-refractivity contribution in [2.45, 2.75) is 0 Å². The van der Waals surface area contributed by atoms with Gasteiger partial charge < -0.3 is 9.64 Å². The summed E-state index contributed by atoms with van der Waals surface area (Å²) < 4.78 is 5.37. The molecule has 4 rings (SSSR count). The lowest BCUT2D eigenvalue weighted by Gasteiger charge is -2.27. The number of nitriles is 1. The molecule has 0 atom stereocenters. The summed E-state index contributed by atoms with van der Waals surface area (Å²) in [6, 6.07) is 10.1. The van der Waals surface area contributed by atoms with E-state index in [0.29, 0.717) is 11.4 Å². The summed E-state index contributed by atoms with van der Waals surface area (Å²) in [6.07, 6.45) is 1.88. The number of hydrogen-bond donors (Lipinski definition) is 1. The van der Waals surface area contributed by atoms with Gasteiger partial charge in [0.1, 0.15) is 17.6 Å². The van der Waals surface area contributed by atoms with Crippen LogP contribution >= 0.6 is 11.3 Å². The number of morpholine rings is 1. The van der Waals surface area contributed by atoms with Gasteiger partial charge in [0.05, 0.1) is 18.1 Å². The number of nitrogens with zero attached hydrogens (tertiary/aromatic N) is 5. The molecular formula is C16H14N6OS. The van der Waals surface area contributed by atoms with Crippen molar-refractivity contribution in [1.82, 2.24) is 20.4 Å². The average Bonchev–Trinajstić information content (AvgIpc) is 3.31. The molecule has 3 aromatic rings. The number of nitrogens with one attached hydrogen (secondary N) is 1. The zero-order chi connectivity index (χ0) is 16.4. The second-order valence-electron chi connectivity index (χ2n) is 5.30. The normalized spacial score (nSPS) is 14.5. The number of rotatable bonds is 3. The van der Waals surface area contributed by atoms with E-state index >= 15 is 0 Å². The molecule has 0 saturated carbocycles. The number of H-pyrrole nitrogens is 1. The zero-order valence-electron chi connectivity index (χ0n) is 12.8. The van der Waals surface area contributed by atoms with E-state index in [0.717, 1.165) is 47.4 Å². The van der Waals surface area contributed by atoms with Gasteiger partial charge in [0, 0.05) is 29.7 Å². The van der Waals surface area contributed by atoms with Gasteiger partial charge in [0.15, 0.2) is 5.69 Å². The Bertz CT molecular complexity index is 873. The number of pyridine rings is 1. The van der Waals surface area contributed by atoms with Crippen molar-refractivity contribution in [2.24, 2.45) is 0 Å². The highest BCUT2D eigenvalue weighted by atomic mass is 32.1. The Morgan fingerprint density at radius 3 is 2.71 bits per heavy atom. The molecule has 0 unspecified atom stereocenters. The van der Waals surface area contributed by atoms with Crippen LogP contribution in [0.5, 0.6) is 0 Å². The van der Waals surface area contributed by atoms with Crippen LogP contribution in [-0.4, -0.2) is 46.7 Å². The van der Waals surface area contributed by atoms with Crippen molar-refractivity contribution in [3.05, 3.63) is 36.2 Å². The van der Waals surface area contributed by atoms with E-state index in [9.17, 15) is 0 Å². The maximum Gasteiger partial charge on any atom is 0.191 e. The quantitative estimate of drug-likeness (QED) is 0.788. The summed E-state index contributed by atoms with van der Waals surface area (Å²) in [7, 11) is 0. The second-order valence-corrected chi connectivity index (χ2v) is 6.38. The van der Waals surface area contributed by atoms with E-state index in [1.165, 1.54) is 0 Å². The van der Waals surface area contributed by atoms with E-state index < -0.39 is 0 Å². The van der Waals surface area contributed by atoms with Gasteiger partial charge in [0.2, 0.25) is 0 Å². The molecule has 7 nitrogen and oxygen atoms in total. The number of aromatic amines is 1. The molecule has 24 heavy (non-hydrogen) atoms. The second kappa shape index (κ2) is 6.39. The predicted molar refractivity (Wildman–Crippen MR) is 90.7 cm³/mol. The molecule has 1 fully saturated rings. The first-order valence-corrected chi connectivity index (χ1v) is 8.37. The maximum atomic E-state index is 9.06. The van der Waals surface area contributed by atoms with Gasteiger partial charge in [0.25, 0.3) is 0 Å². The molecule has 1 aliphatic rings. The first kappa shape index (κ1) is 14.8. The predicted octanol–water partition coefficient (Wildman–Crippen LogP) is 2.30. The minimum atomic E-state index is 0.309.